The first-order chi connectivity index (χ1) is 12.2. The summed E-state index contributed by atoms with van der Waals surface area (Å²) in [7, 11) is -0.921. The van der Waals surface area contributed by atoms with Gasteiger partial charge in [0.2, 0.25) is 5.91 Å². The second-order valence-electron chi connectivity index (χ2n) is 6.38. The van der Waals surface area contributed by atoms with Gasteiger partial charge in [0.15, 0.2) is 0 Å². The van der Waals surface area contributed by atoms with Crippen molar-refractivity contribution in [2.24, 2.45) is 0 Å². The number of aryl methyl sites for hydroxylation is 1. The maximum Gasteiger partial charge on any atom is 0.304 e. The van der Waals surface area contributed by atoms with Gasteiger partial charge < -0.3 is 9.73 Å². The minimum Gasteiger partial charge on any atom is -0.469 e. The van der Waals surface area contributed by atoms with E-state index in [2.05, 4.69) is 5.32 Å². The topological polar surface area (TPSA) is 82.9 Å². The van der Waals surface area contributed by atoms with Gasteiger partial charge in [-0.1, -0.05) is 17.7 Å². The van der Waals surface area contributed by atoms with Crippen molar-refractivity contribution >= 4 is 21.8 Å². The largest absolute Gasteiger partial charge is 0.469 e. The Labute approximate surface area is 154 Å². The second-order valence-corrected chi connectivity index (χ2v) is 8.45. The normalized spacial score (nSPS) is 12.8. The van der Waals surface area contributed by atoms with E-state index in [9.17, 15) is 13.2 Å². The first-order valence-corrected chi connectivity index (χ1v) is 9.68. The Morgan fingerprint density at radius 1 is 1.19 bits per heavy atom. The molecule has 26 heavy (non-hydrogen) atoms. The Morgan fingerprint density at radius 3 is 2.38 bits per heavy atom. The van der Waals surface area contributed by atoms with Crippen LogP contribution in [-0.4, -0.2) is 45.3 Å². The average Bonchev–Trinajstić information content (AvgIpc) is 3.06. The van der Waals surface area contributed by atoms with Gasteiger partial charge in [-0.25, -0.2) is 4.31 Å². The Morgan fingerprint density at radius 2 is 1.85 bits per heavy atom. The lowest BCUT2D eigenvalue weighted by Gasteiger charge is -2.27. The van der Waals surface area contributed by atoms with Crippen molar-refractivity contribution in [2.75, 3.05) is 24.9 Å². The molecule has 0 spiro atoms. The van der Waals surface area contributed by atoms with Gasteiger partial charge in [-0.05, 0) is 38.1 Å². The third-order valence-corrected chi connectivity index (χ3v) is 5.66. The SMILES string of the molecule is Cc1ccc(N(CC(=O)N[C@@H](C)Cc2ccco2)S(=O)(=O)N(C)C)cc1. The molecule has 1 heterocycles. The van der Waals surface area contributed by atoms with Crippen LogP contribution in [0.5, 0.6) is 0 Å². The lowest BCUT2D eigenvalue weighted by atomic mass is 10.2. The highest BCUT2D eigenvalue weighted by Gasteiger charge is 2.27. The van der Waals surface area contributed by atoms with Crippen LogP contribution in [0.4, 0.5) is 5.69 Å². The second kappa shape index (κ2) is 8.37. The van der Waals surface area contributed by atoms with E-state index >= 15 is 0 Å². The van der Waals surface area contributed by atoms with E-state index in [1.807, 2.05) is 32.0 Å². The van der Waals surface area contributed by atoms with E-state index in [4.69, 9.17) is 4.42 Å². The maximum absolute atomic E-state index is 12.7. The lowest BCUT2D eigenvalue weighted by molar-refractivity contribution is -0.120. The summed E-state index contributed by atoms with van der Waals surface area (Å²) in [5.74, 6) is 0.379. The van der Waals surface area contributed by atoms with Crippen LogP contribution in [0.15, 0.2) is 47.1 Å². The van der Waals surface area contributed by atoms with E-state index in [1.54, 1.807) is 24.5 Å². The standard InChI is InChI=1S/C18H25N3O4S/c1-14-7-9-16(10-8-14)21(26(23,24)20(3)4)13-18(22)19-15(2)12-17-6-5-11-25-17/h5-11,15H,12-13H2,1-4H3,(H,19,22)/t15-/m0/s1. The smallest absolute Gasteiger partial charge is 0.304 e. The van der Waals surface area contributed by atoms with E-state index in [1.165, 1.54) is 14.1 Å². The van der Waals surface area contributed by atoms with Gasteiger partial charge in [0.1, 0.15) is 12.3 Å². The molecule has 0 aliphatic rings. The molecule has 8 heteroatoms. The number of amides is 1. The number of nitrogens with zero attached hydrogens (tertiary/aromatic N) is 2. The number of nitrogens with one attached hydrogen (secondary N) is 1. The van der Waals surface area contributed by atoms with E-state index in [-0.39, 0.29) is 18.5 Å². The first-order valence-electron chi connectivity index (χ1n) is 8.28. The molecule has 1 atom stereocenters. The van der Waals surface area contributed by atoms with Gasteiger partial charge in [-0.2, -0.15) is 12.7 Å². The summed E-state index contributed by atoms with van der Waals surface area (Å²) in [6, 6.07) is 10.4. The van der Waals surface area contributed by atoms with Crippen LogP contribution < -0.4 is 9.62 Å². The molecule has 0 aliphatic heterocycles. The molecule has 1 N–H and O–H groups in total. The van der Waals surface area contributed by atoms with Crippen molar-refractivity contribution in [1.29, 1.82) is 0 Å². The molecular weight excluding hydrogens is 354 g/mol. The molecule has 142 valence electrons. The molecule has 0 saturated carbocycles. The zero-order chi connectivity index (χ0) is 19.3. The highest BCUT2D eigenvalue weighted by molar-refractivity contribution is 7.90. The third kappa shape index (κ3) is 5.09. The summed E-state index contributed by atoms with van der Waals surface area (Å²) >= 11 is 0. The fourth-order valence-corrected chi connectivity index (χ4v) is 3.51. The number of benzene rings is 1. The van der Waals surface area contributed by atoms with Crippen LogP contribution >= 0.6 is 0 Å². The van der Waals surface area contributed by atoms with E-state index < -0.39 is 10.2 Å². The molecule has 0 fully saturated rings. The van der Waals surface area contributed by atoms with Crippen LogP contribution in [0.25, 0.3) is 0 Å². The van der Waals surface area contributed by atoms with Crippen LogP contribution in [-0.2, 0) is 21.4 Å². The molecule has 0 aliphatic carbocycles. The van der Waals surface area contributed by atoms with Gasteiger partial charge in [0, 0.05) is 26.6 Å². The Hall–Kier alpha value is -2.32. The molecule has 1 aromatic carbocycles. The van der Waals surface area contributed by atoms with Crippen LogP contribution in [0, 0.1) is 6.92 Å². The minimum atomic E-state index is -3.80. The minimum absolute atomic E-state index is 0.185. The molecule has 1 aromatic heterocycles. The number of hydrogen-bond acceptors (Lipinski definition) is 4. The fraction of sp³-hybridized carbons (Fsp3) is 0.389. The van der Waals surface area contributed by atoms with Gasteiger partial charge >= 0.3 is 10.2 Å². The number of rotatable bonds is 8. The summed E-state index contributed by atoms with van der Waals surface area (Å²) in [4.78, 5) is 12.4. The van der Waals surface area contributed by atoms with Crippen molar-refractivity contribution in [1.82, 2.24) is 9.62 Å². The maximum atomic E-state index is 12.7. The molecule has 0 radical (unpaired) electrons. The van der Waals surface area contributed by atoms with Crippen molar-refractivity contribution in [2.45, 2.75) is 26.3 Å². The lowest BCUT2D eigenvalue weighted by Crippen LogP contribution is -2.47. The molecule has 2 aromatic rings. The molecule has 0 bridgehead atoms. The van der Waals surface area contributed by atoms with Gasteiger partial charge in [-0.3, -0.25) is 4.79 Å². The fourth-order valence-electron chi connectivity index (χ4n) is 2.45. The summed E-state index contributed by atoms with van der Waals surface area (Å²) in [5, 5.41) is 2.82. The number of anilines is 1. The van der Waals surface area contributed by atoms with Crippen molar-refractivity contribution in [3.8, 4) is 0 Å². The Bertz CT molecular complexity index is 815. The van der Waals surface area contributed by atoms with Crippen molar-refractivity contribution in [3.05, 3.63) is 54.0 Å². The number of carbonyl (C=O) groups excluding carboxylic acids is 1. The highest BCUT2D eigenvalue weighted by atomic mass is 32.2. The van der Waals surface area contributed by atoms with Gasteiger partial charge in [-0.15, -0.1) is 0 Å². The molecule has 2 rings (SSSR count). The third-order valence-electron chi connectivity index (χ3n) is 3.84. The van der Waals surface area contributed by atoms with Crippen LogP contribution in [0.1, 0.15) is 18.2 Å². The molecule has 0 unspecified atom stereocenters. The number of carbonyl (C=O) groups is 1. The highest BCUT2D eigenvalue weighted by Crippen LogP contribution is 2.20. The number of furan rings is 1. The molecule has 1 amide bonds. The van der Waals surface area contributed by atoms with Crippen molar-refractivity contribution < 1.29 is 17.6 Å². The van der Waals surface area contributed by atoms with Gasteiger partial charge in [0.05, 0.1) is 12.0 Å². The van der Waals surface area contributed by atoms with E-state index in [0.717, 1.165) is 19.9 Å². The van der Waals surface area contributed by atoms with Crippen LogP contribution in [0.3, 0.4) is 0 Å². The average molecular weight is 379 g/mol. The van der Waals surface area contributed by atoms with Crippen LogP contribution in [0.2, 0.25) is 0 Å². The zero-order valence-corrected chi connectivity index (χ0v) is 16.3. The zero-order valence-electron chi connectivity index (χ0n) is 15.5. The molecule has 7 nitrogen and oxygen atoms in total. The van der Waals surface area contributed by atoms with E-state index in [0.29, 0.717) is 12.1 Å². The Kier molecular flexibility index (Phi) is 6.44. The quantitative estimate of drug-likeness (QED) is 0.760. The van der Waals surface area contributed by atoms with Crippen molar-refractivity contribution in [3.63, 3.8) is 0 Å². The molecule has 0 saturated heterocycles. The summed E-state index contributed by atoms with van der Waals surface area (Å²) < 4.78 is 32.8. The number of hydrogen-bond donors (Lipinski definition) is 1. The first kappa shape index (κ1) is 20.0. The predicted octanol–water partition coefficient (Wildman–Crippen LogP) is 1.95. The summed E-state index contributed by atoms with van der Waals surface area (Å²) in [6.07, 6.45) is 2.11. The van der Waals surface area contributed by atoms with Gasteiger partial charge in [0.25, 0.3) is 0 Å². The summed E-state index contributed by atoms with van der Waals surface area (Å²) in [5.41, 5.74) is 1.45. The monoisotopic (exact) mass is 379 g/mol. The predicted molar refractivity (Wildman–Crippen MR) is 101 cm³/mol. The summed E-state index contributed by atoms with van der Waals surface area (Å²) in [6.45, 7) is 3.46. The Balaban J connectivity index is 2.13. The molecular formula is C18H25N3O4S.